The van der Waals surface area contributed by atoms with E-state index in [0.29, 0.717) is 12.0 Å². The quantitative estimate of drug-likeness (QED) is 0.834. The van der Waals surface area contributed by atoms with E-state index in [1.807, 2.05) is 7.05 Å². The molecule has 2 unspecified atom stereocenters. The van der Waals surface area contributed by atoms with E-state index in [-0.39, 0.29) is 5.41 Å². The van der Waals surface area contributed by atoms with Crippen LogP contribution in [0.5, 0.6) is 0 Å². The number of hydrogen-bond donors (Lipinski definition) is 1. The lowest BCUT2D eigenvalue weighted by molar-refractivity contribution is 0.0300. The van der Waals surface area contributed by atoms with Crippen molar-refractivity contribution >= 4 is 0 Å². The van der Waals surface area contributed by atoms with E-state index in [0.717, 1.165) is 44.3 Å². The molecular weight excluding hydrogens is 264 g/mol. The number of nitrogens with zero attached hydrogens (tertiary/aromatic N) is 3. The molecule has 1 aliphatic heterocycles. The lowest BCUT2D eigenvalue weighted by Crippen LogP contribution is -2.43. The van der Waals surface area contributed by atoms with Crippen molar-refractivity contribution in [1.82, 2.24) is 20.1 Å². The Labute approximate surface area is 127 Å². The Morgan fingerprint density at radius 2 is 2.29 bits per heavy atom. The van der Waals surface area contributed by atoms with Gasteiger partial charge in [0.25, 0.3) is 0 Å². The van der Waals surface area contributed by atoms with Crippen LogP contribution in [0, 0.1) is 17.3 Å². The van der Waals surface area contributed by atoms with E-state index in [4.69, 9.17) is 4.74 Å². The summed E-state index contributed by atoms with van der Waals surface area (Å²) >= 11 is 0. The Kier molecular flexibility index (Phi) is 4.31. The summed E-state index contributed by atoms with van der Waals surface area (Å²) in [7, 11) is 2.04. The first-order chi connectivity index (χ1) is 10.1. The van der Waals surface area contributed by atoms with Crippen molar-refractivity contribution in [3.8, 4) is 0 Å². The van der Waals surface area contributed by atoms with Crippen LogP contribution in [0.2, 0.25) is 0 Å². The molecule has 5 heteroatoms. The van der Waals surface area contributed by atoms with E-state index in [1.165, 1.54) is 12.8 Å². The van der Waals surface area contributed by atoms with Gasteiger partial charge >= 0.3 is 0 Å². The standard InChI is InChI=1S/C16H28N4O/c1-12(2)9-20-14(18-11-19-20)8-16(10-17-3)6-7-21-15(16)13-4-5-13/h11-13,15,17H,4-10H2,1-3H3. The first-order valence-corrected chi connectivity index (χ1v) is 8.27. The molecule has 2 heterocycles. The van der Waals surface area contributed by atoms with Gasteiger partial charge in [0.1, 0.15) is 12.2 Å². The molecule has 2 atom stereocenters. The molecule has 3 rings (SSSR count). The van der Waals surface area contributed by atoms with Gasteiger partial charge < -0.3 is 10.1 Å². The van der Waals surface area contributed by atoms with Crippen LogP contribution < -0.4 is 5.32 Å². The highest BCUT2D eigenvalue weighted by Crippen LogP contribution is 2.49. The van der Waals surface area contributed by atoms with Gasteiger partial charge in [0, 0.05) is 31.5 Å². The maximum absolute atomic E-state index is 6.12. The molecular formula is C16H28N4O. The van der Waals surface area contributed by atoms with E-state index < -0.39 is 0 Å². The van der Waals surface area contributed by atoms with E-state index in [2.05, 4.69) is 33.9 Å². The zero-order valence-corrected chi connectivity index (χ0v) is 13.5. The molecule has 0 bridgehead atoms. The molecule has 21 heavy (non-hydrogen) atoms. The van der Waals surface area contributed by atoms with Crippen LogP contribution >= 0.6 is 0 Å². The van der Waals surface area contributed by atoms with Crippen LogP contribution in [0.25, 0.3) is 0 Å². The molecule has 1 aromatic heterocycles. The Bertz CT molecular complexity index is 469. The Morgan fingerprint density at radius 3 is 2.95 bits per heavy atom. The molecule has 1 N–H and O–H groups in total. The number of nitrogens with one attached hydrogen (secondary N) is 1. The van der Waals surface area contributed by atoms with Gasteiger partial charge in [-0.3, -0.25) is 0 Å². The van der Waals surface area contributed by atoms with Crippen molar-refractivity contribution in [2.75, 3.05) is 20.2 Å². The zero-order valence-electron chi connectivity index (χ0n) is 13.5. The van der Waals surface area contributed by atoms with Gasteiger partial charge in [-0.2, -0.15) is 5.10 Å². The highest BCUT2D eigenvalue weighted by molar-refractivity contribution is 5.05. The number of rotatable bonds is 7. The first kappa shape index (κ1) is 15.0. The fourth-order valence-corrected chi connectivity index (χ4v) is 3.77. The van der Waals surface area contributed by atoms with Gasteiger partial charge in [-0.05, 0) is 38.1 Å². The minimum Gasteiger partial charge on any atom is -0.377 e. The maximum atomic E-state index is 6.12. The van der Waals surface area contributed by atoms with E-state index in [1.54, 1.807) is 6.33 Å². The Morgan fingerprint density at radius 1 is 1.48 bits per heavy atom. The van der Waals surface area contributed by atoms with Gasteiger partial charge in [0.15, 0.2) is 0 Å². The fraction of sp³-hybridized carbons (Fsp3) is 0.875. The van der Waals surface area contributed by atoms with Crippen LogP contribution in [0.4, 0.5) is 0 Å². The largest absolute Gasteiger partial charge is 0.377 e. The molecule has 118 valence electrons. The van der Waals surface area contributed by atoms with Crippen LogP contribution in [0.3, 0.4) is 0 Å². The van der Waals surface area contributed by atoms with Crippen molar-refractivity contribution in [1.29, 1.82) is 0 Å². The predicted molar refractivity (Wildman–Crippen MR) is 82.0 cm³/mol. The van der Waals surface area contributed by atoms with Crippen LogP contribution in [-0.2, 0) is 17.7 Å². The lowest BCUT2D eigenvalue weighted by Gasteiger charge is -2.34. The predicted octanol–water partition coefficient (Wildman–Crippen LogP) is 1.88. The summed E-state index contributed by atoms with van der Waals surface area (Å²) in [6.45, 7) is 7.28. The van der Waals surface area contributed by atoms with Gasteiger partial charge in [-0.15, -0.1) is 0 Å². The third kappa shape index (κ3) is 3.14. The number of hydrogen-bond acceptors (Lipinski definition) is 4. The summed E-state index contributed by atoms with van der Waals surface area (Å²) in [6, 6.07) is 0. The molecule has 0 amide bonds. The van der Waals surface area contributed by atoms with Crippen LogP contribution in [0.15, 0.2) is 6.33 Å². The average Bonchev–Trinajstić information content (AvgIpc) is 3.06. The second kappa shape index (κ2) is 6.05. The smallest absolute Gasteiger partial charge is 0.138 e. The van der Waals surface area contributed by atoms with E-state index >= 15 is 0 Å². The number of ether oxygens (including phenoxy) is 1. The Hall–Kier alpha value is -0.940. The van der Waals surface area contributed by atoms with Crippen molar-refractivity contribution in [3.05, 3.63) is 12.2 Å². The normalized spacial score (nSPS) is 29.4. The summed E-state index contributed by atoms with van der Waals surface area (Å²) in [5.74, 6) is 2.47. The molecule has 0 aromatic carbocycles. The minimum atomic E-state index is 0.192. The third-order valence-electron chi connectivity index (χ3n) is 4.82. The second-order valence-electron chi connectivity index (χ2n) is 7.20. The molecule has 2 fully saturated rings. The molecule has 0 spiro atoms. The summed E-state index contributed by atoms with van der Waals surface area (Å²) in [5.41, 5.74) is 0.192. The zero-order chi connectivity index (χ0) is 14.9. The summed E-state index contributed by atoms with van der Waals surface area (Å²) in [4.78, 5) is 4.54. The average molecular weight is 292 g/mol. The summed E-state index contributed by atoms with van der Waals surface area (Å²) in [5, 5.41) is 7.82. The van der Waals surface area contributed by atoms with Gasteiger partial charge in [-0.1, -0.05) is 13.8 Å². The molecule has 1 saturated carbocycles. The first-order valence-electron chi connectivity index (χ1n) is 8.27. The van der Waals surface area contributed by atoms with Crippen LogP contribution in [0.1, 0.15) is 38.9 Å². The van der Waals surface area contributed by atoms with Crippen LogP contribution in [-0.4, -0.2) is 41.1 Å². The topological polar surface area (TPSA) is 52.0 Å². The third-order valence-corrected chi connectivity index (χ3v) is 4.82. The lowest BCUT2D eigenvalue weighted by atomic mass is 9.75. The molecule has 5 nitrogen and oxygen atoms in total. The van der Waals surface area contributed by atoms with Crippen molar-refractivity contribution in [3.63, 3.8) is 0 Å². The highest BCUT2D eigenvalue weighted by atomic mass is 16.5. The molecule has 1 aromatic rings. The van der Waals surface area contributed by atoms with E-state index in [9.17, 15) is 0 Å². The fourth-order valence-electron chi connectivity index (χ4n) is 3.77. The highest BCUT2D eigenvalue weighted by Gasteiger charge is 2.51. The van der Waals surface area contributed by atoms with Gasteiger partial charge in [-0.25, -0.2) is 9.67 Å². The Balaban J connectivity index is 1.80. The number of aromatic nitrogens is 3. The van der Waals surface area contributed by atoms with Crippen molar-refractivity contribution < 1.29 is 4.74 Å². The van der Waals surface area contributed by atoms with Gasteiger partial charge in [0.2, 0.25) is 0 Å². The monoisotopic (exact) mass is 292 g/mol. The molecule has 0 radical (unpaired) electrons. The second-order valence-corrected chi connectivity index (χ2v) is 7.20. The minimum absolute atomic E-state index is 0.192. The van der Waals surface area contributed by atoms with Crippen molar-refractivity contribution in [2.45, 2.75) is 52.2 Å². The summed E-state index contributed by atoms with van der Waals surface area (Å²) < 4.78 is 8.21. The SMILES string of the molecule is CNCC1(Cc2ncnn2CC(C)C)CCOC1C1CC1. The van der Waals surface area contributed by atoms with Crippen molar-refractivity contribution in [2.24, 2.45) is 17.3 Å². The maximum Gasteiger partial charge on any atom is 0.138 e. The van der Waals surface area contributed by atoms with Gasteiger partial charge in [0.05, 0.1) is 6.10 Å². The molecule has 1 saturated heterocycles. The molecule has 1 aliphatic carbocycles. The summed E-state index contributed by atoms with van der Waals surface area (Å²) in [6.07, 6.45) is 6.86. The molecule has 2 aliphatic rings.